The molecule has 2 unspecified atom stereocenters. The number of hydrogen-bond acceptors (Lipinski definition) is 3. The molecule has 0 radical (unpaired) electrons. The zero-order valence-corrected chi connectivity index (χ0v) is 12.5. The van der Waals surface area contributed by atoms with Crippen LogP contribution in [0.1, 0.15) is 39.0 Å². The predicted octanol–water partition coefficient (Wildman–Crippen LogP) is 1.79. The monoisotopic (exact) mass is 253 g/mol. The SMILES string of the molecule is CCC1(CN2CCCC2CN(C)C)CCCNC1. The van der Waals surface area contributed by atoms with E-state index in [2.05, 4.69) is 36.1 Å². The second kappa shape index (κ2) is 6.36. The molecule has 2 saturated heterocycles. The van der Waals surface area contributed by atoms with Crippen LogP contribution in [0.4, 0.5) is 0 Å². The number of rotatable bonds is 5. The highest BCUT2D eigenvalue weighted by Gasteiger charge is 2.35. The van der Waals surface area contributed by atoms with Gasteiger partial charge in [-0.15, -0.1) is 0 Å². The van der Waals surface area contributed by atoms with Crippen molar-refractivity contribution >= 4 is 0 Å². The summed E-state index contributed by atoms with van der Waals surface area (Å²) in [6, 6.07) is 0.797. The Bertz CT molecular complexity index is 246. The number of nitrogens with one attached hydrogen (secondary N) is 1. The van der Waals surface area contributed by atoms with Crippen LogP contribution in [0.25, 0.3) is 0 Å². The van der Waals surface area contributed by atoms with Crippen molar-refractivity contribution in [3.8, 4) is 0 Å². The second-order valence-electron chi connectivity index (χ2n) is 6.66. The first kappa shape index (κ1) is 14.3. The van der Waals surface area contributed by atoms with Crippen molar-refractivity contribution in [2.45, 2.75) is 45.1 Å². The Kier molecular flexibility index (Phi) is 5.05. The highest BCUT2D eigenvalue weighted by molar-refractivity contribution is 4.91. The van der Waals surface area contributed by atoms with Crippen molar-refractivity contribution < 1.29 is 0 Å². The molecule has 2 aliphatic heterocycles. The lowest BCUT2D eigenvalue weighted by molar-refractivity contribution is 0.0944. The van der Waals surface area contributed by atoms with Crippen LogP contribution in [-0.2, 0) is 0 Å². The summed E-state index contributed by atoms with van der Waals surface area (Å²) in [7, 11) is 4.41. The number of likely N-dealkylation sites (tertiary alicyclic amines) is 1. The van der Waals surface area contributed by atoms with E-state index in [1.54, 1.807) is 0 Å². The molecule has 0 aliphatic carbocycles. The van der Waals surface area contributed by atoms with Crippen molar-refractivity contribution in [1.29, 1.82) is 0 Å². The van der Waals surface area contributed by atoms with Crippen molar-refractivity contribution in [3.05, 3.63) is 0 Å². The normalized spacial score (nSPS) is 34.3. The Morgan fingerprint density at radius 2 is 2.17 bits per heavy atom. The summed E-state index contributed by atoms with van der Waals surface area (Å²) in [5, 5.41) is 3.62. The molecule has 2 aliphatic rings. The van der Waals surface area contributed by atoms with E-state index in [9.17, 15) is 0 Å². The van der Waals surface area contributed by atoms with E-state index in [0.717, 1.165) is 6.04 Å². The zero-order valence-electron chi connectivity index (χ0n) is 12.5. The first-order chi connectivity index (χ1) is 8.65. The third-order valence-electron chi connectivity index (χ3n) is 4.92. The topological polar surface area (TPSA) is 18.5 Å². The largest absolute Gasteiger partial charge is 0.316 e. The maximum Gasteiger partial charge on any atom is 0.0223 e. The Hall–Kier alpha value is -0.120. The standard InChI is InChI=1S/C15H31N3/c1-4-15(8-6-9-16-12-15)13-18-10-5-7-14(18)11-17(2)3/h14,16H,4-13H2,1-3H3. The smallest absolute Gasteiger partial charge is 0.0223 e. The van der Waals surface area contributed by atoms with Crippen LogP contribution in [-0.4, -0.2) is 62.7 Å². The third kappa shape index (κ3) is 3.46. The van der Waals surface area contributed by atoms with Gasteiger partial charge in [0.2, 0.25) is 0 Å². The zero-order chi connectivity index (χ0) is 13.0. The molecule has 0 spiro atoms. The van der Waals surface area contributed by atoms with Crippen LogP contribution in [0, 0.1) is 5.41 Å². The molecule has 0 amide bonds. The molecule has 0 aromatic heterocycles. The summed E-state index contributed by atoms with van der Waals surface area (Å²) >= 11 is 0. The van der Waals surface area contributed by atoms with Crippen LogP contribution in [0.2, 0.25) is 0 Å². The lowest BCUT2D eigenvalue weighted by Gasteiger charge is -2.42. The summed E-state index contributed by atoms with van der Waals surface area (Å²) in [6.45, 7) is 8.70. The first-order valence-electron chi connectivity index (χ1n) is 7.75. The van der Waals surface area contributed by atoms with E-state index in [4.69, 9.17) is 0 Å². The molecule has 1 N–H and O–H groups in total. The van der Waals surface area contributed by atoms with Gasteiger partial charge in [0.1, 0.15) is 0 Å². The lowest BCUT2D eigenvalue weighted by atomic mass is 9.77. The number of likely N-dealkylation sites (N-methyl/N-ethyl adjacent to an activating group) is 1. The van der Waals surface area contributed by atoms with Crippen molar-refractivity contribution in [1.82, 2.24) is 15.1 Å². The van der Waals surface area contributed by atoms with E-state index < -0.39 is 0 Å². The average Bonchev–Trinajstić information content (AvgIpc) is 2.77. The summed E-state index contributed by atoms with van der Waals surface area (Å²) < 4.78 is 0. The molecule has 0 aromatic rings. The van der Waals surface area contributed by atoms with Gasteiger partial charge in [-0.25, -0.2) is 0 Å². The van der Waals surface area contributed by atoms with Crippen LogP contribution in [0.15, 0.2) is 0 Å². The summed E-state index contributed by atoms with van der Waals surface area (Å²) in [4.78, 5) is 5.12. The molecular formula is C15H31N3. The van der Waals surface area contributed by atoms with E-state index >= 15 is 0 Å². The minimum absolute atomic E-state index is 0.549. The molecule has 0 bridgehead atoms. The third-order valence-corrected chi connectivity index (χ3v) is 4.92. The van der Waals surface area contributed by atoms with E-state index in [1.807, 2.05) is 0 Å². The number of hydrogen-bond donors (Lipinski definition) is 1. The van der Waals surface area contributed by atoms with E-state index in [1.165, 1.54) is 64.8 Å². The molecule has 3 nitrogen and oxygen atoms in total. The fourth-order valence-electron chi connectivity index (χ4n) is 3.74. The van der Waals surface area contributed by atoms with Gasteiger partial charge in [-0.05, 0) is 64.7 Å². The quantitative estimate of drug-likeness (QED) is 0.806. The number of nitrogens with zero attached hydrogens (tertiary/aromatic N) is 2. The molecule has 2 atom stereocenters. The minimum atomic E-state index is 0.549. The van der Waals surface area contributed by atoms with E-state index in [0.29, 0.717) is 5.41 Å². The van der Waals surface area contributed by atoms with Gasteiger partial charge in [0, 0.05) is 25.7 Å². The molecule has 2 rings (SSSR count). The van der Waals surface area contributed by atoms with Crippen molar-refractivity contribution in [2.24, 2.45) is 5.41 Å². The first-order valence-corrected chi connectivity index (χ1v) is 7.75. The number of piperidine rings is 1. The molecule has 2 heterocycles. The van der Waals surface area contributed by atoms with Crippen LogP contribution < -0.4 is 5.32 Å². The van der Waals surface area contributed by atoms with Gasteiger partial charge < -0.3 is 10.2 Å². The highest BCUT2D eigenvalue weighted by Crippen LogP contribution is 2.33. The van der Waals surface area contributed by atoms with Gasteiger partial charge in [0.25, 0.3) is 0 Å². The van der Waals surface area contributed by atoms with Gasteiger partial charge >= 0.3 is 0 Å². The molecule has 18 heavy (non-hydrogen) atoms. The van der Waals surface area contributed by atoms with Crippen LogP contribution in [0.3, 0.4) is 0 Å². The fraction of sp³-hybridized carbons (Fsp3) is 1.00. The van der Waals surface area contributed by atoms with Crippen LogP contribution >= 0.6 is 0 Å². The Morgan fingerprint density at radius 3 is 2.78 bits per heavy atom. The van der Waals surface area contributed by atoms with Gasteiger partial charge in [0.05, 0.1) is 0 Å². The highest BCUT2D eigenvalue weighted by atomic mass is 15.2. The molecule has 3 heteroatoms. The molecule has 106 valence electrons. The predicted molar refractivity (Wildman–Crippen MR) is 78.0 cm³/mol. The maximum atomic E-state index is 3.62. The van der Waals surface area contributed by atoms with Crippen molar-refractivity contribution in [2.75, 3.05) is 46.8 Å². The van der Waals surface area contributed by atoms with Crippen molar-refractivity contribution in [3.63, 3.8) is 0 Å². The van der Waals surface area contributed by atoms with Gasteiger partial charge in [-0.3, -0.25) is 4.90 Å². The minimum Gasteiger partial charge on any atom is -0.316 e. The molecule has 0 saturated carbocycles. The summed E-state index contributed by atoms with van der Waals surface area (Å²) in [5.74, 6) is 0. The van der Waals surface area contributed by atoms with Gasteiger partial charge in [0.15, 0.2) is 0 Å². The maximum absolute atomic E-state index is 3.62. The average molecular weight is 253 g/mol. The molecular weight excluding hydrogens is 222 g/mol. The van der Waals surface area contributed by atoms with Crippen LogP contribution in [0.5, 0.6) is 0 Å². The Morgan fingerprint density at radius 1 is 1.33 bits per heavy atom. The Labute approximate surface area is 113 Å². The van der Waals surface area contributed by atoms with Gasteiger partial charge in [-0.1, -0.05) is 6.92 Å². The lowest BCUT2D eigenvalue weighted by Crippen LogP contribution is -2.49. The second-order valence-corrected chi connectivity index (χ2v) is 6.66. The fourth-order valence-corrected chi connectivity index (χ4v) is 3.74. The molecule has 0 aromatic carbocycles. The van der Waals surface area contributed by atoms with Gasteiger partial charge in [-0.2, -0.15) is 0 Å². The summed E-state index contributed by atoms with van der Waals surface area (Å²) in [6.07, 6.45) is 6.89. The molecule has 2 fully saturated rings. The van der Waals surface area contributed by atoms with E-state index in [-0.39, 0.29) is 0 Å². The summed E-state index contributed by atoms with van der Waals surface area (Å²) in [5.41, 5.74) is 0.549. The Balaban J connectivity index is 1.93.